The fourth-order valence-electron chi connectivity index (χ4n) is 3.94. The average Bonchev–Trinajstić information content (AvgIpc) is 3.02. The van der Waals surface area contributed by atoms with E-state index >= 15 is 0 Å². The summed E-state index contributed by atoms with van der Waals surface area (Å²) in [6, 6.07) is 17.4. The summed E-state index contributed by atoms with van der Waals surface area (Å²) in [6.07, 6.45) is 0. The van der Waals surface area contributed by atoms with E-state index < -0.39 is 23.6 Å². The lowest BCUT2D eigenvalue weighted by Crippen LogP contribution is -2.29. The van der Waals surface area contributed by atoms with Gasteiger partial charge >= 0.3 is 0 Å². The summed E-state index contributed by atoms with van der Waals surface area (Å²) < 4.78 is 33.9. The van der Waals surface area contributed by atoms with Gasteiger partial charge in [0.05, 0.1) is 17.0 Å². The van der Waals surface area contributed by atoms with Crippen LogP contribution in [-0.4, -0.2) is 10.8 Å². The van der Waals surface area contributed by atoms with Crippen molar-refractivity contribution in [1.82, 2.24) is 4.90 Å². The van der Waals surface area contributed by atoms with Crippen LogP contribution in [0.15, 0.2) is 82.0 Å². The molecule has 0 fully saturated rings. The fraction of sp³-hybridized carbons (Fsp3) is 0.0833. The summed E-state index contributed by atoms with van der Waals surface area (Å²) in [5, 5.41) is 0.328. The van der Waals surface area contributed by atoms with E-state index in [1.165, 1.54) is 23.1 Å². The number of rotatable bonds is 3. The number of para-hydroxylation sites is 1. The Morgan fingerprint density at radius 1 is 0.867 bits per heavy atom. The van der Waals surface area contributed by atoms with Crippen molar-refractivity contribution in [2.24, 2.45) is 0 Å². The van der Waals surface area contributed by atoms with Crippen LogP contribution >= 0.6 is 0 Å². The molecule has 1 aliphatic rings. The fourth-order valence-corrected chi connectivity index (χ4v) is 3.94. The van der Waals surface area contributed by atoms with Crippen molar-refractivity contribution in [2.45, 2.75) is 12.6 Å². The second kappa shape index (κ2) is 6.91. The van der Waals surface area contributed by atoms with Crippen molar-refractivity contribution in [1.29, 1.82) is 0 Å². The highest BCUT2D eigenvalue weighted by Gasteiger charge is 2.43. The van der Waals surface area contributed by atoms with Crippen LogP contribution in [0.2, 0.25) is 0 Å². The Hall–Kier alpha value is -3.80. The van der Waals surface area contributed by atoms with Crippen molar-refractivity contribution in [3.63, 3.8) is 0 Å². The Kier molecular flexibility index (Phi) is 4.20. The molecule has 2 heterocycles. The maximum atomic E-state index is 14.8. The van der Waals surface area contributed by atoms with E-state index in [0.29, 0.717) is 16.5 Å². The summed E-state index contributed by atoms with van der Waals surface area (Å²) in [4.78, 5) is 27.9. The van der Waals surface area contributed by atoms with Crippen molar-refractivity contribution in [3.8, 4) is 0 Å². The first-order valence-electron chi connectivity index (χ1n) is 9.40. The predicted octanol–water partition coefficient (Wildman–Crippen LogP) is 4.82. The van der Waals surface area contributed by atoms with E-state index in [-0.39, 0.29) is 28.9 Å². The maximum Gasteiger partial charge on any atom is 0.291 e. The molecule has 1 amide bonds. The number of halogens is 2. The van der Waals surface area contributed by atoms with Gasteiger partial charge in [0.25, 0.3) is 5.91 Å². The molecule has 4 nitrogen and oxygen atoms in total. The number of carbonyl (C=O) groups excluding carboxylic acids is 1. The highest BCUT2D eigenvalue weighted by atomic mass is 19.1. The normalized spacial score (nSPS) is 15.6. The first-order valence-corrected chi connectivity index (χ1v) is 9.40. The first-order chi connectivity index (χ1) is 14.5. The molecule has 0 aliphatic carbocycles. The summed E-state index contributed by atoms with van der Waals surface area (Å²) in [6.45, 7) is 0.0676. The number of carbonyl (C=O) groups is 1. The van der Waals surface area contributed by atoms with Crippen LogP contribution in [-0.2, 0) is 6.54 Å². The molecule has 1 aromatic heterocycles. The molecule has 0 saturated heterocycles. The van der Waals surface area contributed by atoms with Gasteiger partial charge < -0.3 is 9.32 Å². The molecular formula is C24H15F2NO3. The minimum Gasteiger partial charge on any atom is -0.450 e. The van der Waals surface area contributed by atoms with Crippen LogP contribution < -0.4 is 5.43 Å². The minimum absolute atomic E-state index is 0.0676. The van der Waals surface area contributed by atoms with E-state index in [2.05, 4.69) is 0 Å². The maximum absolute atomic E-state index is 14.8. The lowest BCUT2D eigenvalue weighted by molar-refractivity contribution is 0.0712. The topological polar surface area (TPSA) is 50.5 Å². The first kappa shape index (κ1) is 18.2. The van der Waals surface area contributed by atoms with Gasteiger partial charge in [-0.2, -0.15) is 0 Å². The lowest BCUT2D eigenvalue weighted by Gasteiger charge is -2.25. The Morgan fingerprint density at radius 2 is 1.57 bits per heavy atom. The Balaban J connectivity index is 1.73. The van der Waals surface area contributed by atoms with Crippen molar-refractivity contribution >= 4 is 16.9 Å². The summed E-state index contributed by atoms with van der Waals surface area (Å²) in [7, 11) is 0. The number of fused-ring (bicyclic) bond motifs is 2. The smallest absolute Gasteiger partial charge is 0.291 e. The standard InChI is InChI=1S/C24H15F2NO3/c25-15-11-9-14(10-12-15)13-27-21(16-5-1-3-7-18(16)26)20-22(28)17-6-2-4-8-19(17)30-23(20)24(27)29/h1-12,21H,13H2. The molecule has 30 heavy (non-hydrogen) atoms. The predicted molar refractivity (Wildman–Crippen MR) is 107 cm³/mol. The second-order valence-electron chi connectivity index (χ2n) is 7.15. The third-order valence-corrected chi connectivity index (χ3v) is 5.34. The van der Waals surface area contributed by atoms with E-state index in [9.17, 15) is 18.4 Å². The zero-order valence-electron chi connectivity index (χ0n) is 15.6. The zero-order valence-corrected chi connectivity index (χ0v) is 15.6. The van der Waals surface area contributed by atoms with E-state index in [4.69, 9.17) is 4.42 Å². The molecule has 0 saturated carbocycles. The number of benzene rings is 3. The second-order valence-corrected chi connectivity index (χ2v) is 7.15. The molecular weight excluding hydrogens is 388 g/mol. The van der Waals surface area contributed by atoms with Gasteiger partial charge in [-0.05, 0) is 35.9 Å². The molecule has 0 N–H and O–H groups in total. The summed E-state index contributed by atoms with van der Waals surface area (Å²) in [5.74, 6) is -1.53. The lowest BCUT2D eigenvalue weighted by atomic mass is 9.98. The van der Waals surface area contributed by atoms with Crippen LogP contribution in [0, 0.1) is 11.6 Å². The zero-order chi connectivity index (χ0) is 20.8. The van der Waals surface area contributed by atoms with Gasteiger partial charge in [-0.25, -0.2) is 8.78 Å². The highest BCUT2D eigenvalue weighted by molar-refractivity contribution is 5.99. The minimum atomic E-state index is -0.945. The van der Waals surface area contributed by atoms with Gasteiger partial charge in [-0.3, -0.25) is 9.59 Å². The molecule has 5 rings (SSSR count). The SMILES string of the molecule is O=C1c2oc3ccccc3c(=O)c2C(c2ccccc2F)N1Cc1ccc(F)cc1. The number of nitrogens with zero attached hydrogens (tertiary/aromatic N) is 1. The van der Waals surface area contributed by atoms with Crippen LogP contribution in [0.4, 0.5) is 8.78 Å². The summed E-state index contributed by atoms with van der Waals surface area (Å²) >= 11 is 0. The molecule has 1 unspecified atom stereocenters. The number of amides is 1. The summed E-state index contributed by atoms with van der Waals surface area (Å²) in [5.41, 5.74) is 0.900. The van der Waals surface area contributed by atoms with Crippen molar-refractivity contribution in [3.05, 3.63) is 117 Å². The average molecular weight is 403 g/mol. The Labute approximate surface area is 170 Å². The van der Waals surface area contributed by atoms with Crippen LogP contribution in [0.25, 0.3) is 11.0 Å². The van der Waals surface area contributed by atoms with Crippen molar-refractivity contribution in [2.75, 3.05) is 0 Å². The molecule has 0 radical (unpaired) electrons. The highest BCUT2D eigenvalue weighted by Crippen LogP contribution is 2.39. The Morgan fingerprint density at radius 3 is 2.33 bits per heavy atom. The van der Waals surface area contributed by atoms with E-state index in [1.54, 1.807) is 54.6 Å². The molecule has 6 heteroatoms. The van der Waals surface area contributed by atoms with Crippen LogP contribution in [0.3, 0.4) is 0 Å². The van der Waals surface area contributed by atoms with E-state index in [0.717, 1.165) is 0 Å². The molecule has 0 spiro atoms. The molecule has 148 valence electrons. The quantitative estimate of drug-likeness (QED) is 0.493. The van der Waals surface area contributed by atoms with Crippen molar-refractivity contribution < 1.29 is 18.0 Å². The molecule has 0 bridgehead atoms. The van der Waals surface area contributed by atoms with Gasteiger partial charge in [0.2, 0.25) is 5.76 Å². The molecule has 4 aromatic rings. The third-order valence-electron chi connectivity index (χ3n) is 5.34. The van der Waals surface area contributed by atoms with Gasteiger partial charge in [0, 0.05) is 12.1 Å². The number of hydrogen-bond donors (Lipinski definition) is 0. The van der Waals surface area contributed by atoms with Gasteiger partial charge in [-0.1, -0.05) is 42.5 Å². The largest absolute Gasteiger partial charge is 0.450 e. The monoisotopic (exact) mass is 403 g/mol. The third kappa shape index (κ3) is 2.80. The molecule has 1 aliphatic heterocycles. The Bertz CT molecular complexity index is 1340. The van der Waals surface area contributed by atoms with Gasteiger partial charge in [0.1, 0.15) is 17.2 Å². The molecule has 3 aromatic carbocycles. The molecule has 1 atom stereocenters. The van der Waals surface area contributed by atoms with Gasteiger partial charge in [-0.15, -0.1) is 0 Å². The van der Waals surface area contributed by atoms with Crippen LogP contribution in [0.1, 0.15) is 33.3 Å². The van der Waals surface area contributed by atoms with Crippen LogP contribution in [0.5, 0.6) is 0 Å². The van der Waals surface area contributed by atoms with E-state index in [1.807, 2.05) is 0 Å². The number of hydrogen-bond acceptors (Lipinski definition) is 3. The van der Waals surface area contributed by atoms with Gasteiger partial charge in [0.15, 0.2) is 5.43 Å².